The van der Waals surface area contributed by atoms with Gasteiger partial charge in [-0.3, -0.25) is 9.48 Å². The summed E-state index contributed by atoms with van der Waals surface area (Å²) in [5.74, 6) is 0.629. The van der Waals surface area contributed by atoms with E-state index in [0.717, 1.165) is 11.2 Å². The number of rotatable bonds is 2. The predicted octanol–water partition coefficient (Wildman–Crippen LogP) is 1.54. The van der Waals surface area contributed by atoms with E-state index in [2.05, 4.69) is 15.1 Å². The van der Waals surface area contributed by atoms with Crippen LogP contribution >= 0.6 is 11.3 Å². The zero-order valence-electron chi connectivity index (χ0n) is 9.17. The van der Waals surface area contributed by atoms with Gasteiger partial charge in [-0.1, -0.05) is 0 Å². The van der Waals surface area contributed by atoms with Crippen LogP contribution in [0.25, 0.3) is 10.2 Å². The molecule has 0 unspecified atom stereocenters. The van der Waals surface area contributed by atoms with E-state index < -0.39 is 0 Å². The first kappa shape index (κ1) is 10.2. The van der Waals surface area contributed by atoms with Crippen molar-refractivity contribution in [3.8, 4) is 0 Å². The minimum Gasteiger partial charge on any atom is -0.308 e. The van der Waals surface area contributed by atoms with Crippen LogP contribution in [-0.4, -0.2) is 19.7 Å². The highest BCUT2D eigenvalue weighted by Gasteiger charge is 2.05. The normalized spacial score (nSPS) is 11.1. The van der Waals surface area contributed by atoms with E-state index in [9.17, 15) is 4.79 Å². The quantitative estimate of drug-likeness (QED) is 0.746. The lowest BCUT2D eigenvalue weighted by Gasteiger charge is -2.01. The SMILES string of the molecule is Cc1ccn(Cc2nc3ccsc3c(=O)[nH]2)n1. The molecule has 0 aliphatic heterocycles. The molecule has 0 saturated heterocycles. The third-order valence-corrected chi connectivity index (χ3v) is 3.35. The zero-order chi connectivity index (χ0) is 11.8. The monoisotopic (exact) mass is 246 g/mol. The Morgan fingerprint density at radius 2 is 2.35 bits per heavy atom. The van der Waals surface area contributed by atoms with Crippen LogP contribution in [0.1, 0.15) is 11.5 Å². The average Bonchev–Trinajstić information content (AvgIpc) is 2.87. The van der Waals surface area contributed by atoms with Gasteiger partial charge in [0.15, 0.2) is 0 Å². The highest BCUT2D eigenvalue weighted by atomic mass is 32.1. The van der Waals surface area contributed by atoms with Crippen molar-refractivity contribution in [1.29, 1.82) is 0 Å². The van der Waals surface area contributed by atoms with Crippen LogP contribution in [0, 0.1) is 6.92 Å². The number of hydrogen-bond acceptors (Lipinski definition) is 4. The second-order valence-corrected chi connectivity index (χ2v) is 4.72. The van der Waals surface area contributed by atoms with Crippen LogP contribution in [0.5, 0.6) is 0 Å². The number of aromatic amines is 1. The number of aromatic nitrogens is 4. The number of nitrogens with zero attached hydrogens (tertiary/aromatic N) is 3. The molecule has 6 heteroatoms. The van der Waals surface area contributed by atoms with Gasteiger partial charge < -0.3 is 4.98 Å². The van der Waals surface area contributed by atoms with E-state index in [1.165, 1.54) is 11.3 Å². The highest BCUT2D eigenvalue weighted by Crippen LogP contribution is 2.13. The van der Waals surface area contributed by atoms with Crippen molar-refractivity contribution in [2.24, 2.45) is 0 Å². The van der Waals surface area contributed by atoms with Gasteiger partial charge in [0.05, 0.1) is 17.8 Å². The van der Waals surface area contributed by atoms with Crippen molar-refractivity contribution in [1.82, 2.24) is 19.7 Å². The summed E-state index contributed by atoms with van der Waals surface area (Å²) in [7, 11) is 0. The molecule has 3 aromatic heterocycles. The summed E-state index contributed by atoms with van der Waals surface area (Å²) in [6.45, 7) is 2.41. The Labute approximate surface area is 101 Å². The molecule has 0 amide bonds. The standard InChI is InChI=1S/C11H10N4OS/c1-7-2-4-15(14-7)6-9-12-8-3-5-17-10(8)11(16)13-9/h2-5H,6H2,1H3,(H,12,13,16). The van der Waals surface area contributed by atoms with Gasteiger partial charge in [-0.15, -0.1) is 11.3 Å². The fourth-order valence-corrected chi connectivity index (χ4v) is 2.43. The summed E-state index contributed by atoms with van der Waals surface area (Å²) in [4.78, 5) is 18.9. The van der Waals surface area contributed by atoms with Crippen molar-refractivity contribution < 1.29 is 0 Å². The maximum absolute atomic E-state index is 11.7. The lowest BCUT2D eigenvalue weighted by molar-refractivity contribution is 0.650. The predicted molar refractivity (Wildman–Crippen MR) is 66.3 cm³/mol. The van der Waals surface area contributed by atoms with Crippen LogP contribution in [0.2, 0.25) is 0 Å². The largest absolute Gasteiger partial charge is 0.308 e. The number of aryl methyl sites for hydroxylation is 1. The van der Waals surface area contributed by atoms with E-state index in [4.69, 9.17) is 0 Å². The fraction of sp³-hybridized carbons (Fsp3) is 0.182. The molecule has 0 aromatic carbocycles. The molecule has 1 N–H and O–H groups in total. The number of fused-ring (bicyclic) bond motifs is 1. The molecule has 0 aliphatic rings. The zero-order valence-corrected chi connectivity index (χ0v) is 9.99. The third-order valence-electron chi connectivity index (χ3n) is 2.45. The van der Waals surface area contributed by atoms with E-state index in [1.807, 2.05) is 30.6 Å². The Morgan fingerprint density at radius 1 is 1.47 bits per heavy atom. The average molecular weight is 246 g/mol. The molecule has 0 fully saturated rings. The molecule has 0 atom stereocenters. The van der Waals surface area contributed by atoms with Crippen molar-refractivity contribution in [2.75, 3.05) is 0 Å². The second-order valence-electron chi connectivity index (χ2n) is 3.80. The van der Waals surface area contributed by atoms with E-state index >= 15 is 0 Å². The van der Waals surface area contributed by atoms with Crippen molar-refractivity contribution in [3.05, 3.63) is 45.6 Å². The van der Waals surface area contributed by atoms with E-state index in [1.54, 1.807) is 4.68 Å². The minimum atomic E-state index is -0.0797. The van der Waals surface area contributed by atoms with Gasteiger partial charge in [-0.25, -0.2) is 4.98 Å². The van der Waals surface area contributed by atoms with Gasteiger partial charge >= 0.3 is 0 Å². The van der Waals surface area contributed by atoms with Gasteiger partial charge in [0.1, 0.15) is 10.5 Å². The molecule has 0 spiro atoms. The van der Waals surface area contributed by atoms with Crippen molar-refractivity contribution in [2.45, 2.75) is 13.5 Å². The Hall–Kier alpha value is -1.95. The topological polar surface area (TPSA) is 63.6 Å². The highest BCUT2D eigenvalue weighted by molar-refractivity contribution is 7.17. The third kappa shape index (κ3) is 1.87. The minimum absolute atomic E-state index is 0.0797. The Balaban J connectivity index is 2.03. The molecule has 5 nitrogen and oxygen atoms in total. The number of H-pyrrole nitrogens is 1. The summed E-state index contributed by atoms with van der Waals surface area (Å²) >= 11 is 1.40. The molecule has 3 aromatic rings. The molecule has 3 rings (SSSR count). The summed E-state index contributed by atoms with van der Waals surface area (Å²) < 4.78 is 2.43. The van der Waals surface area contributed by atoms with Gasteiger partial charge in [0, 0.05) is 6.20 Å². The van der Waals surface area contributed by atoms with E-state index in [0.29, 0.717) is 17.1 Å². The van der Waals surface area contributed by atoms with Crippen LogP contribution < -0.4 is 5.56 Å². The van der Waals surface area contributed by atoms with Gasteiger partial charge in [0.25, 0.3) is 5.56 Å². The van der Waals surface area contributed by atoms with Crippen molar-refractivity contribution >= 4 is 21.6 Å². The van der Waals surface area contributed by atoms with Crippen LogP contribution in [-0.2, 0) is 6.54 Å². The first-order valence-electron chi connectivity index (χ1n) is 5.19. The summed E-state index contributed by atoms with van der Waals surface area (Å²) in [5.41, 5.74) is 1.62. The van der Waals surface area contributed by atoms with Crippen LogP contribution in [0.4, 0.5) is 0 Å². The molecule has 86 valence electrons. The summed E-state index contributed by atoms with van der Waals surface area (Å²) in [6, 6.07) is 3.77. The van der Waals surface area contributed by atoms with Gasteiger partial charge in [0.2, 0.25) is 0 Å². The number of nitrogens with one attached hydrogen (secondary N) is 1. The maximum atomic E-state index is 11.7. The van der Waals surface area contributed by atoms with Crippen LogP contribution in [0.3, 0.4) is 0 Å². The van der Waals surface area contributed by atoms with Gasteiger partial charge in [-0.2, -0.15) is 5.10 Å². The lowest BCUT2D eigenvalue weighted by atomic mass is 10.4. The summed E-state index contributed by atoms with van der Waals surface area (Å²) in [6.07, 6.45) is 1.87. The summed E-state index contributed by atoms with van der Waals surface area (Å²) in [5, 5.41) is 6.13. The lowest BCUT2D eigenvalue weighted by Crippen LogP contribution is -2.13. The number of hydrogen-bond donors (Lipinski definition) is 1. The molecular weight excluding hydrogens is 236 g/mol. The second kappa shape index (κ2) is 3.81. The first-order valence-corrected chi connectivity index (χ1v) is 6.07. The molecule has 0 bridgehead atoms. The maximum Gasteiger partial charge on any atom is 0.268 e. The molecule has 0 aliphatic carbocycles. The van der Waals surface area contributed by atoms with Gasteiger partial charge in [-0.05, 0) is 24.4 Å². The molecule has 0 radical (unpaired) electrons. The smallest absolute Gasteiger partial charge is 0.268 e. The molecular formula is C11H10N4OS. The molecule has 3 heterocycles. The van der Waals surface area contributed by atoms with E-state index in [-0.39, 0.29) is 5.56 Å². The first-order chi connectivity index (χ1) is 8.22. The molecule has 0 saturated carbocycles. The number of thiophene rings is 1. The van der Waals surface area contributed by atoms with Crippen molar-refractivity contribution in [3.63, 3.8) is 0 Å². The Morgan fingerprint density at radius 3 is 3.12 bits per heavy atom. The molecule has 17 heavy (non-hydrogen) atoms. The Kier molecular flexibility index (Phi) is 2.29. The van der Waals surface area contributed by atoms with Crippen LogP contribution in [0.15, 0.2) is 28.5 Å². The Bertz CT molecular complexity index is 724. The fourth-order valence-electron chi connectivity index (χ4n) is 1.70.